The summed E-state index contributed by atoms with van der Waals surface area (Å²) in [4.78, 5) is 2.18. The molecule has 0 fully saturated rings. The number of benzene rings is 2. The number of halogens is 2. The van der Waals surface area contributed by atoms with Crippen molar-refractivity contribution in [2.24, 2.45) is 5.14 Å². The molecule has 0 aromatic heterocycles. The zero-order valence-electron chi connectivity index (χ0n) is 12.8. The maximum absolute atomic E-state index is 13.1. The van der Waals surface area contributed by atoms with Crippen molar-refractivity contribution in [1.82, 2.24) is 4.90 Å². The van der Waals surface area contributed by atoms with Crippen LogP contribution in [0.3, 0.4) is 0 Å². The molecule has 0 radical (unpaired) electrons. The van der Waals surface area contributed by atoms with E-state index < -0.39 is 10.0 Å². The quantitative estimate of drug-likeness (QED) is 0.835. The van der Waals surface area contributed by atoms with Gasteiger partial charge in [0, 0.05) is 17.1 Å². The predicted molar refractivity (Wildman–Crippen MR) is 91.8 cm³/mol. The minimum Gasteiger partial charge on any atom is -0.295 e. The standard InChI is InChI=1S/C16H18BrFN2O2S/c1-11(12-4-7-15(8-5-12)23(19,21)22)20(2)10-13-3-6-14(18)9-16(13)17/h3-9,11H,10H2,1-2H3,(H2,19,21,22)/t11-/m0/s1. The van der Waals surface area contributed by atoms with Crippen LogP contribution in [0.1, 0.15) is 24.1 Å². The number of hydrogen-bond acceptors (Lipinski definition) is 3. The van der Waals surface area contributed by atoms with Gasteiger partial charge in [-0.2, -0.15) is 0 Å². The van der Waals surface area contributed by atoms with Crippen LogP contribution in [-0.4, -0.2) is 20.4 Å². The lowest BCUT2D eigenvalue weighted by atomic mass is 10.1. The summed E-state index contributed by atoms with van der Waals surface area (Å²) < 4.78 is 36.4. The van der Waals surface area contributed by atoms with E-state index >= 15 is 0 Å². The van der Waals surface area contributed by atoms with Gasteiger partial charge >= 0.3 is 0 Å². The van der Waals surface area contributed by atoms with Crippen LogP contribution in [0, 0.1) is 5.82 Å². The molecule has 0 heterocycles. The van der Waals surface area contributed by atoms with Crippen LogP contribution in [0.15, 0.2) is 51.8 Å². The molecule has 0 amide bonds. The molecule has 0 aliphatic heterocycles. The van der Waals surface area contributed by atoms with Gasteiger partial charge in [-0.25, -0.2) is 17.9 Å². The Hall–Kier alpha value is -1.28. The number of primary sulfonamides is 1. The van der Waals surface area contributed by atoms with Crippen molar-refractivity contribution in [3.63, 3.8) is 0 Å². The van der Waals surface area contributed by atoms with Crippen molar-refractivity contribution in [3.05, 3.63) is 63.9 Å². The van der Waals surface area contributed by atoms with E-state index in [-0.39, 0.29) is 16.8 Å². The second-order valence-corrected chi connectivity index (χ2v) is 7.86. The molecule has 7 heteroatoms. The molecular weight excluding hydrogens is 383 g/mol. The first kappa shape index (κ1) is 18.1. The summed E-state index contributed by atoms with van der Waals surface area (Å²) in [5.74, 6) is -0.282. The summed E-state index contributed by atoms with van der Waals surface area (Å²) in [5, 5.41) is 5.10. The van der Waals surface area contributed by atoms with Crippen molar-refractivity contribution in [1.29, 1.82) is 0 Å². The smallest absolute Gasteiger partial charge is 0.238 e. The molecule has 0 unspecified atom stereocenters. The molecule has 2 aromatic carbocycles. The van der Waals surface area contributed by atoms with Crippen molar-refractivity contribution in [2.45, 2.75) is 24.4 Å². The van der Waals surface area contributed by atoms with Crippen LogP contribution < -0.4 is 5.14 Å². The van der Waals surface area contributed by atoms with Gasteiger partial charge in [-0.05, 0) is 49.4 Å². The fraction of sp³-hybridized carbons (Fsp3) is 0.250. The van der Waals surface area contributed by atoms with E-state index in [0.29, 0.717) is 6.54 Å². The van der Waals surface area contributed by atoms with E-state index in [2.05, 4.69) is 20.8 Å². The van der Waals surface area contributed by atoms with Crippen LogP contribution in [0.5, 0.6) is 0 Å². The Kier molecular flexibility index (Phi) is 5.57. The summed E-state index contributed by atoms with van der Waals surface area (Å²) in [6.45, 7) is 2.64. The molecule has 0 aliphatic rings. The van der Waals surface area contributed by atoms with E-state index in [1.807, 2.05) is 14.0 Å². The summed E-state index contributed by atoms with van der Waals surface area (Å²) in [6.07, 6.45) is 0. The minimum absolute atomic E-state index is 0.0569. The van der Waals surface area contributed by atoms with Gasteiger partial charge in [0.25, 0.3) is 0 Å². The normalized spacial score (nSPS) is 13.3. The van der Waals surface area contributed by atoms with E-state index in [1.165, 1.54) is 24.3 Å². The van der Waals surface area contributed by atoms with Gasteiger partial charge in [-0.1, -0.05) is 34.1 Å². The molecule has 2 N–H and O–H groups in total. The van der Waals surface area contributed by atoms with Gasteiger partial charge in [-0.3, -0.25) is 4.90 Å². The summed E-state index contributed by atoms with van der Waals surface area (Å²) in [5.41, 5.74) is 1.94. The molecule has 0 saturated heterocycles. The fourth-order valence-corrected chi connectivity index (χ4v) is 3.24. The molecule has 0 saturated carbocycles. The molecule has 0 aliphatic carbocycles. The molecule has 0 bridgehead atoms. The topological polar surface area (TPSA) is 63.4 Å². The molecular formula is C16H18BrFN2O2S. The maximum Gasteiger partial charge on any atom is 0.238 e. The zero-order chi connectivity index (χ0) is 17.2. The first-order valence-corrected chi connectivity index (χ1v) is 9.29. The highest BCUT2D eigenvalue weighted by Crippen LogP contribution is 2.25. The molecule has 2 rings (SSSR count). The molecule has 124 valence electrons. The van der Waals surface area contributed by atoms with Gasteiger partial charge in [0.2, 0.25) is 10.0 Å². The van der Waals surface area contributed by atoms with Gasteiger partial charge in [0.05, 0.1) is 4.90 Å². The van der Waals surface area contributed by atoms with Gasteiger partial charge in [0.1, 0.15) is 5.82 Å². The van der Waals surface area contributed by atoms with Crippen molar-refractivity contribution in [2.75, 3.05) is 7.05 Å². The van der Waals surface area contributed by atoms with Gasteiger partial charge < -0.3 is 0 Å². The van der Waals surface area contributed by atoms with Gasteiger partial charge in [0.15, 0.2) is 0 Å². The van der Waals surface area contributed by atoms with Crippen molar-refractivity contribution >= 4 is 26.0 Å². The third kappa shape index (κ3) is 4.60. The largest absolute Gasteiger partial charge is 0.295 e. The average molecular weight is 401 g/mol. The Balaban J connectivity index is 2.14. The van der Waals surface area contributed by atoms with Crippen molar-refractivity contribution < 1.29 is 12.8 Å². The Morgan fingerprint density at radius 3 is 2.35 bits per heavy atom. The summed E-state index contributed by atoms with van der Waals surface area (Å²) in [6, 6.07) is 11.2. The van der Waals surface area contributed by atoms with Crippen molar-refractivity contribution in [3.8, 4) is 0 Å². The van der Waals surface area contributed by atoms with Crippen LogP contribution >= 0.6 is 15.9 Å². The van der Waals surface area contributed by atoms with Crippen LogP contribution in [0.2, 0.25) is 0 Å². The molecule has 23 heavy (non-hydrogen) atoms. The van der Waals surface area contributed by atoms with E-state index in [4.69, 9.17) is 5.14 Å². The highest BCUT2D eigenvalue weighted by atomic mass is 79.9. The molecule has 1 atom stereocenters. The lowest BCUT2D eigenvalue weighted by Crippen LogP contribution is -2.22. The van der Waals surface area contributed by atoms with E-state index in [1.54, 1.807) is 18.2 Å². The number of sulfonamides is 1. The van der Waals surface area contributed by atoms with Gasteiger partial charge in [-0.15, -0.1) is 0 Å². The highest BCUT2D eigenvalue weighted by molar-refractivity contribution is 9.10. The Labute approximate surface area is 144 Å². The second kappa shape index (κ2) is 7.09. The number of nitrogens with zero attached hydrogens (tertiary/aromatic N) is 1. The maximum atomic E-state index is 13.1. The number of nitrogens with two attached hydrogens (primary N) is 1. The van der Waals surface area contributed by atoms with E-state index in [9.17, 15) is 12.8 Å². The summed E-state index contributed by atoms with van der Waals surface area (Å²) in [7, 11) is -1.73. The van der Waals surface area contributed by atoms with Crippen LogP contribution in [0.25, 0.3) is 0 Å². The lowest BCUT2D eigenvalue weighted by Gasteiger charge is -2.25. The average Bonchev–Trinajstić information content (AvgIpc) is 2.48. The fourth-order valence-electron chi connectivity index (χ4n) is 2.25. The number of rotatable bonds is 5. The summed E-state index contributed by atoms with van der Waals surface area (Å²) >= 11 is 3.37. The van der Waals surface area contributed by atoms with E-state index in [0.717, 1.165) is 15.6 Å². The minimum atomic E-state index is -3.68. The first-order valence-electron chi connectivity index (χ1n) is 6.95. The SMILES string of the molecule is C[C@@H](c1ccc(S(N)(=O)=O)cc1)N(C)Cc1ccc(F)cc1Br. The molecule has 4 nitrogen and oxygen atoms in total. The van der Waals surface area contributed by atoms with Crippen LogP contribution in [0.4, 0.5) is 4.39 Å². The first-order chi connectivity index (χ1) is 10.7. The molecule has 0 spiro atoms. The lowest BCUT2D eigenvalue weighted by molar-refractivity contribution is 0.252. The van der Waals surface area contributed by atoms with Crippen LogP contribution in [-0.2, 0) is 16.6 Å². The third-order valence-electron chi connectivity index (χ3n) is 3.79. The zero-order valence-corrected chi connectivity index (χ0v) is 15.2. The molecule has 2 aromatic rings. The highest BCUT2D eigenvalue weighted by Gasteiger charge is 2.15. The Morgan fingerprint density at radius 2 is 1.83 bits per heavy atom. The Bertz CT molecular complexity index is 794. The predicted octanol–water partition coefficient (Wildman–Crippen LogP) is 3.43. The third-order valence-corrected chi connectivity index (χ3v) is 5.45. The monoisotopic (exact) mass is 400 g/mol. The second-order valence-electron chi connectivity index (χ2n) is 5.44. The number of hydrogen-bond donors (Lipinski definition) is 1. The Morgan fingerprint density at radius 1 is 1.22 bits per heavy atom.